The Labute approximate surface area is 121 Å². The monoisotopic (exact) mass is 292 g/mol. The number of aliphatic carboxylic acids is 1. The molecule has 1 aromatic rings. The van der Waals surface area contributed by atoms with Gasteiger partial charge in [-0.15, -0.1) is 0 Å². The average molecular weight is 292 g/mol. The highest BCUT2D eigenvalue weighted by Gasteiger charge is 2.48. The summed E-state index contributed by atoms with van der Waals surface area (Å²) < 4.78 is 5.27. The molecule has 0 spiro atoms. The van der Waals surface area contributed by atoms with Crippen LogP contribution in [0.5, 0.6) is 5.75 Å². The fraction of sp³-hybridized carbons (Fsp3) is 0.357. The number of nitrogens with one attached hydrogen (secondary N) is 1. The van der Waals surface area contributed by atoms with E-state index in [0.717, 1.165) is 0 Å². The highest BCUT2D eigenvalue weighted by molar-refractivity contribution is 6.05. The molecule has 1 fully saturated rings. The molecule has 0 heterocycles. The summed E-state index contributed by atoms with van der Waals surface area (Å²) in [6, 6.07) is 4.57. The van der Waals surface area contributed by atoms with Crippen LogP contribution in [0.1, 0.15) is 23.7 Å². The van der Waals surface area contributed by atoms with Gasteiger partial charge in [0.1, 0.15) is 5.75 Å². The number of carboxylic acid groups (broad SMARTS) is 1. The molecule has 1 aromatic carbocycles. The second-order valence-electron chi connectivity index (χ2n) is 4.78. The number of carbonyl (C=O) groups excluding carboxylic acids is 2. The molecule has 0 bridgehead atoms. The average Bonchev–Trinajstić information content (AvgIpc) is 3.21. The molecule has 112 valence electrons. The van der Waals surface area contributed by atoms with Gasteiger partial charge in [0.25, 0.3) is 5.91 Å². The van der Waals surface area contributed by atoms with Crippen molar-refractivity contribution in [3.05, 3.63) is 23.8 Å². The molecule has 0 radical (unpaired) electrons. The van der Waals surface area contributed by atoms with Crippen molar-refractivity contribution in [3.63, 3.8) is 0 Å². The first-order valence-electron chi connectivity index (χ1n) is 6.54. The van der Waals surface area contributed by atoms with Gasteiger partial charge in [0.05, 0.1) is 29.7 Å². The second kappa shape index (κ2) is 5.82. The van der Waals surface area contributed by atoms with E-state index in [9.17, 15) is 14.4 Å². The van der Waals surface area contributed by atoms with Crippen LogP contribution in [0.4, 0.5) is 5.69 Å². The SMILES string of the molecule is CCOc1ccc(NC(=O)[C@@H]2C[C@H]2C(=O)O)c(C(N)=O)c1. The van der Waals surface area contributed by atoms with Crippen LogP contribution < -0.4 is 15.8 Å². The van der Waals surface area contributed by atoms with Crippen LogP contribution in [-0.2, 0) is 9.59 Å². The molecule has 7 heteroatoms. The molecule has 0 aromatic heterocycles. The van der Waals surface area contributed by atoms with Crippen molar-refractivity contribution in [2.45, 2.75) is 13.3 Å². The van der Waals surface area contributed by atoms with Gasteiger partial charge >= 0.3 is 5.97 Å². The summed E-state index contributed by atoms with van der Waals surface area (Å²) in [5.41, 5.74) is 5.67. The molecule has 4 N–H and O–H groups in total. The number of primary amides is 1. The first-order valence-corrected chi connectivity index (χ1v) is 6.54. The molecular weight excluding hydrogens is 276 g/mol. The summed E-state index contributed by atoms with van der Waals surface area (Å²) in [5.74, 6) is -2.85. The van der Waals surface area contributed by atoms with Crippen molar-refractivity contribution in [2.24, 2.45) is 17.6 Å². The zero-order valence-electron chi connectivity index (χ0n) is 11.5. The van der Waals surface area contributed by atoms with Crippen molar-refractivity contribution in [2.75, 3.05) is 11.9 Å². The lowest BCUT2D eigenvalue weighted by atomic mass is 10.1. The van der Waals surface area contributed by atoms with Gasteiger partial charge in [-0.25, -0.2) is 0 Å². The molecule has 2 amide bonds. The van der Waals surface area contributed by atoms with Gasteiger partial charge in [-0.3, -0.25) is 14.4 Å². The van der Waals surface area contributed by atoms with Crippen LogP contribution in [-0.4, -0.2) is 29.5 Å². The van der Waals surface area contributed by atoms with E-state index in [1.54, 1.807) is 13.0 Å². The Morgan fingerprint density at radius 3 is 2.62 bits per heavy atom. The molecule has 1 aliphatic carbocycles. The maximum atomic E-state index is 11.9. The summed E-state index contributed by atoms with van der Waals surface area (Å²) in [4.78, 5) is 34.1. The highest BCUT2D eigenvalue weighted by atomic mass is 16.5. The van der Waals surface area contributed by atoms with Gasteiger partial charge in [-0.05, 0) is 31.5 Å². The predicted molar refractivity (Wildman–Crippen MR) is 74.0 cm³/mol. The predicted octanol–water partition coefficient (Wildman–Crippen LogP) is 0.843. The van der Waals surface area contributed by atoms with Crippen molar-refractivity contribution in [1.82, 2.24) is 0 Å². The molecule has 0 unspecified atom stereocenters. The van der Waals surface area contributed by atoms with E-state index >= 15 is 0 Å². The minimum Gasteiger partial charge on any atom is -0.494 e. The van der Waals surface area contributed by atoms with Gasteiger partial charge in [0, 0.05) is 0 Å². The number of carbonyl (C=O) groups is 3. The zero-order chi connectivity index (χ0) is 15.6. The Balaban J connectivity index is 2.14. The number of rotatable bonds is 6. The third kappa shape index (κ3) is 3.31. The van der Waals surface area contributed by atoms with E-state index in [1.165, 1.54) is 12.1 Å². The van der Waals surface area contributed by atoms with E-state index in [-0.39, 0.29) is 11.3 Å². The van der Waals surface area contributed by atoms with E-state index < -0.39 is 29.6 Å². The Bertz CT molecular complexity index is 599. The van der Waals surface area contributed by atoms with Crippen molar-refractivity contribution >= 4 is 23.5 Å². The number of hydrogen-bond donors (Lipinski definition) is 3. The smallest absolute Gasteiger partial charge is 0.307 e. The number of carboxylic acids is 1. The number of hydrogen-bond acceptors (Lipinski definition) is 4. The van der Waals surface area contributed by atoms with Crippen LogP contribution in [0.15, 0.2) is 18.2 Å². The molecule has 7 nitrogen and oxygen atoms in total. The molecule has 0 saturated heterocycles. The lowest BCUT2D eigenvalue weighted by molar-refractivity contribution is -0.139. The minimum atomic E-state index is -0.989. The van der Waals surface area contributed by atoms with Crippen LogP contribution in [0, 0.1) is 11.8 Å². The molecule has 2 rings (SSSR count). The summed E-state index contributed by atoms with van der Waals surface area (Å²) in [5, 5.41) is 11.4. The standard InChI is InChI=1S/C14H16N2O5/c1-2-21-7-3-4-11(10(5-7)12(15)17)16-13(18)8-6-9(8)14(19)20/h3-5,8-9H,2,6H2,1H3,(H2,15,17)(H,16,18)(H,19,20)/t8-,9-/m1/s1. The Morgan fingerprint density at radius 1 is 1.38 bits per heavy atom. The molecule has 1 saturated carbocycles. The van der Waals surface area contributed by atoms with Gasteiger partial charge in [0.15, 0.2) is 0 Å². The van der Waals surface area contributed by atoms with E-state index in [4.69, 9.17) is 15.6 Å². The summed E-state index contributed by atoms with van der Waals surface area (Å²) in [6.07, 6.45) is 0.310. The number of ether oxygens (including phenoxy) is 1. The first-order chi connectivity index (χ1) is 9.93. The Morgan fingerprint density at radius 2 is 2.10 bits per heavy atom. The summed E-state index contributed by atoms with van der Waals surface area (Å²) >= 11 is 0. The van der Waals surface area contributed by atoms with Gasteiger partial charge in [-0.2, -0.15) is 0 Å². The fourth-order valence-corrected chi connectivity index (χ4v) is 2.08. The molecule has 1 aliphatic rings. The third-order valence-corrected chi connectivity index (χ3v) is 3.27. The molecule has 2 atom stereocenters. The quantitative estimate of drug-likeness (QED) is 0.718. The normalized spacial score (nSPS) is 19.7. The summed E-state index contributed by atoms with van der Waals surface area (Å²) in [6.45, 7) is 2.24. The number of amides is 2. The van der Waals surface area contributed by atoms with Gasteiger partial charge in [0.2, 0.25) is 5.91 Å². The fourth-order valence-electron chi connectivity index (χ4n) is 2.08. The first kappa shape index (κ1) is 14.8. The maximum absolute atomic E-state index is 11.9. The van der Waals surface area contributed by atoms with E-state index in [2.05, 4.69) is 5.32 Å². The van der Waals surface area contributed by atoms with Crippen LogP contribution in [0.3, 0.4) is 0 Å². The highest BCUT2D eigenvalue weighted by Crippen LogP contribution is 2.39. The largest absolute Gasteiger partial charge is 0.494 e. The molecular formula is C14H16N2O5. The number of benzene rings is 1. The van der Waals surface area contributed by atoms with Crippen LogP contribution >= 0.6 is 0 Å². The molecule has 0 aliphatic heterocycles. The minimum absolute atomic E-state index is 0.127. The van der Waals surface area contributed by atoms with Crippen molar-refractivity contribution < 1.29 is 24.2 Å². The Kier molecular flexibility index (Phi) is 4.11. The van der Waals surface area contributed by atoms with Gasteiger partial charge < -0.3 is 20.9 Å². The van der Waals surface area contributed by atoms with Crippen LogP contribution in [0.25, 0.3) is 0 Å². The summed E-state index contributed by atoms with van der Waals surface area (Å²) in [7, 11) is 0. The van der Waals surface area contributed by atoms with E-state index in [1.807, 2.05) is 0 Å². The van der Waals surface area contributed by atoms with Crippen molar-refractivity contribution in [1.29, 1.82) is 0 Å². The van der Waals surface area contributed by atoms with Crippen LogP contribution in [0.2, 0.25) is 0 Å². The van der Waals surface area contributed by atoms with Gasteiger partial charge in [-0.1, -0.05) is 0 Å². The molecule has 21 heavy (non-hydrogen) atoms. The number of nitrogens with two attached hydrogens (primary N) is 1. The lowest BCUT2D eigenvalue weighted by Gasteiger charge is -2.11. The Hall–Kier alpha value is -2.57. The lowest BCUT2D eigenvalue weighted by Crippen LogP contribution is -2.20. The third-order valence-electron chi connectivity index (χ3n) is 3.27. The second-order valence-corrected chi connectivity index (χ2v) is 4.78. The maximum Gasteiger partial charge on any atom is 0.307 e. The van der Waals surface area contributed by atoms with Crippen molar-refractivity contribution in [3.8, 4) is 5.75 Å². The topological polar surface area (TPSA) is 119 Å². The van der Waals surface area contributed by atoms with E-state index in [0.29, 0.717) is 18.8 Å². The number of anilines is 1. The zero-order valence-corrected chi connectivity index (χ0v) is 11.5.